The highest BCUT2D eigenvalue weighted by molar-refractivity contribution is 6.07. The van der Waals surface area contributed by atoms with E-state index in [1.54, 1.807) is 80.3 Å². The highest BCUT2D eigenvalue weighted by atomic mass is 16.7. The van der Waals surface area contributed by atoms with Crippen LogP contribution in [0.4, 0.5) is 26.7 Å². The molecule has 244 valence electrons. The van der Waals surface area contributed by atoms with E-state index in [9.17, 15) is 24.3 Å². The first-order chi connectivity index (χ1) is 21.8. The number of nitrogens with zero attached hydrogens (tertiary/aromatic N) is 2. The monoisotopic (exact) mass is 633 g/mol. The third-order valence-electron chi connectivity index (χ3n) is 6.57. The van der Waals surface area contributed by atoms with Gasteiger partial charge in [-0.15, -0.1) is 0 Å². The van der Waals surface area contributed by atoms with E-state index >= 15 is 0 Å². The fourth-order valence-corrected chi connectivity index (χ4v) is 4.41. The van der Waals surface area contributed by atoms with Crippen molar-refractivity contribution in [2.24, 2.45) is 0 Å². The van der Waals surface area contributed by atoms with E-state index in [-0.39, 0.29) is 30.0 Å². The van der Waals surface area contributed by atoms with E-state index in [0.717, 1.165) is 12.1 Å². The zero-order chi connectivity index (χ0) is 33.4. The van der Waals surface area contributed by atoms with Crippen LogP contribution in [0.3, 0.4) is 0 Å². The van der Waals surface area contributed by atoms with Crippen LogP contribution in [0.1, 0.15) is 43.1 Å². The van der Waals surface area contributed by atoms with Crippen LogP contribution in [0.2, 0.25) is 0 Å². The SMILES string of the molecule is CN(C)CCCN(Cc1ccc(C(=O)Nc2ccccc2NC(=O)OC(C)(C)C)cc1)C(=O)Nc1ccc2c(c1)OC(=O)C(O)O2. The standard InChI is InChI=1S/C33H39N5O8/c1-33(2,3)46-32(43)36-25-10-7-6-9-24(25)35-28(39)22-13-11-21(12-14-22)20-38(18-8-17-37(4)5)31(42)34-23-15-16-26-27(19-23)45-30(41)29(40)44-26/h6-7,9-16,19,29,40H,8,17-18,20H2,1-5H3,(H,34,42)(H,35,39)(H,36,43). The molecular formula is C33H39N5O8. The number of urea groups is 1. The molecule has 13 nitrogen and oxygen atoms in total. The summed E-state index contributed by atoms with van der Waals surface area (Å²) >= 11 is 0. The first kappa shape index (κ1) is 33.7. The summed E-state index contributed by atoms with van der Waals surface area (Å²) in [6, 6.07) is 17.8. The molecule has 1 heterocycles. The topological polar surface area (TPSA) is 159 Å². The highest BCUT2D eigenvalue weighted by Gasteiger charge is 2.28. The molecule has 1 aliphatic rings. The molecule has 4 amide bonds. The summed E-state index contributed by atoms with van der Waals surface area (Å²) in [4.78, 5) is 54.1. The molecule has 0 saturated heterocycles. The average Bonchev–Trinajstić information content (AvgIpc) is 2.97. The number of hydrogen-bond donors (Lipinski definition) is 4. The minimum atomic E-state index is -1.70. The lowest BCUT2D eigenvalue weighted by molar-refractivity contribution is -0.163. The van der Waals surface area contributed by atoms with Gasteiger partial charge in [-0.25, -0.2) is 14.4 Å². The van der Waals surface area contributed by atoms with E-state index in [1.165, 1.54) is 12.1 Å². The van der Waals surface area contributed by atoms with Crippen molar-refractivity contribution in [2.45, 2.75) is 45.6 Å². The molecule has 0 bridgehead atoms. The largest absolute Gasteiger partial charge is 0.450 e. The summed E-state index contributed by atoms with van der Waals surface area (Å²) in [5, 5.41) is 17.9. The van der Waals surface area contributed by atoms with Gasteiger partial charge in [-0.05, 0) is 89.8 Å². The number of hydrogen-bond acceptors (Lipinski definition) is 9. The molecule has 4 rings (SSSR count). The molecule has 0 aliphatic carbocycles. The molecule has 0 spiro atoms. The van der Waals surface area contributed by atoms with Gasteiger partial charge in [-0.1, -0.05) is 24.3 Å². The second kappa shape index (κ2) is 14.8. The van der Waals surface area contributed by atoms with E-state index in [4.69, 9.17) is 14.2 Å². The maximum absolute atomic E-state index is 13.4. The van der Waals surface area contributed by atoms with Crippen molar-refractivity contribution in [3.63, 3.8) is 0 Å². The molecule has 0 radical (unpaired) electrons. The molecule has 1 unspecified atom stereocenters. The summed E-state index contributed by atoms with van der Waals surface area (Å²) in [5.74, 6) is -1.06. The number of anilines is 3. The van der Waals surface area contributed by atoms with Crippen LogP contribution in [-0.2, 0) is 16.1 Å². The number of carbonyl (C=O) groups is 4. The molecule has 1 aliphatic heterocycles. The number of nitrogens with one attached hydrogen (secondary N) is 3. The van der Waals surface area contributed by atoms with Gasteiger partial charge in [0.15, 0.2) is 11.5 Å². The Morgan fingerprint density at radius 3 is 2.22 bits per heavy atom. The predicted molar refractivity (Wildman–Crippen MR) is 172 cm³/mol. The Hall–Kier alpha value is -5.14. The Balaban J connectivity index is 1.42. The fraction of sp³-hybridized carbons (Fsp3) is 0.333. The van der Waals surface area contributed by atoms with Crippen LogP contribution in [0.25, 0.3) is 0 Å². The number of carbonyl (C=O) groups excluding carboxylic acids is 4. The molecule has 4 N–H and O–H groups in total. The lowest BCUT2D eigenvalue weighted by Gasteiger charge is -2.25. The number of amides is 4. The number of benzene rings is 3. The molecule has 0 saturated carbocycles. The second-order valence-corrected chi connectivity index (χ2v) is 11.9. The van der Waals surface area contributed by atoms with Gasteiger partial charge in [0.05, 0.1) is 11.4 Å². The number of rotatable bonds is 10. The maximum atomic E-state index is 13.4. The number of ether oxygens (including phenoxy) is 3. The third kappa shape index (κ3) is 9.68. The molecule has 0 fully saturated rings. The highest BCUT2D eigenvalue weighted by Crippen LogP contribution is 2.34. The van der Waals surface area contributed by atoms with Crippen LogP contribution in [0.15, 0.2) is 66.7 Å². The van der Waals surface area contributed by atoms with Crippen molar-refractivity contribution in [3.05, 3.63) is 77.9 Å². The average molecular weight is 634 g/mol. The van der Waals surface area contributed by atoms with E-state index in [1.807, 2.05) is 19.0 Å². The van der Waals surface area contributed by atoms with Crippen LogP contribution < -0.4 is 25.4 Å². The maximum Gasteiger partial charge on any atom is 0.412 e. The molecule has 3 aromatic rings. The van der Waals surface area contributed by atoms with Crippen molar-refractivity contribution in [2.75, 3.05) is 43.1 Å². The summed E-state index contributed by atoms with van der Waals surface area (Å²) in [6.07, 6.45) is -1.62. The van der Waals surface area contributed by atoms with Crippen molar-refractivity contribution in [1.82, 2.24) is 9.80 Å². The zero-order valence-corrected chi connectivity index (χ0v) is 26.5. The number of aliphatic hydroxyl groups is 1. The number of para-hydroxylation sites is 2. The summed E-state index contributed by atoms with van der Waals surface area (Å²) in [5.41, 5.74) is 1.68. The summed E-state index contributed by atoms with van der Waals surface area (Å²) in [6.45, 7) is 6.76. The molecule has 0 aromatic heterocycles. The minimum Gasteiger partial charge on any atom is -0.450 e. The van der Waals surface area contributed by atoms with Gasteiger partial charge < -0.3 is 39.8 Å². The van der Waals surface area contributed by atoms with E-state index in [0.29, 0.717) is 35.6 Å². The number of fused-ring (bicyclic) bond motifs is 1. The summed E-state index contributed by atoms with van der Waals surface area (Å²) < 4.78 is 15.5. The molecule has 3 aromatic carbocycles. The van der Waals surface area contributed by atoms with Gasteiger partial charge >= 0.3 is 18.1 Å². The molecular weight excluding hydrogens is 594 g/mol. The second-order valence-electron chi connectivity index (χ2n) is 11.9. The smallest absolute Gasteiger partial charge is 0.412 e. The predicted octanol–water partition coefficient (Wildman–Crippen LogP) is 4.89. The Bertz CT molecular complexity index is 1570. The summed E-state index contributed by atoms with van der Waals surface area (Å²) in [7, 11) is 3.90. The lowest BCUT2D eigenvalue weighted by Crippen LogP contribution is -2.36. The number of aliphatic hydroxyl groups excluding tert-OH is 1. The van der Waals surface area contributed by atoms with Gasteiger partial charge in [-0.2, -0.15) is 0 Å². The Labute approximate surface area is 267 Å². The van der Waals surface area contributed by atoms with Gasteiger partial charge in [0.25, 0.3) is 12.2 Å². The first-order valence-electron chi connectivity index (χ1n) is 14.7. The van der Waals surface area contributed by atoms with Gasteiger partial charge in [0, 0.05) is 30.4 Å². The van der Waals surface area contributed by atoms with E-state index in [2.05, 4.69) is 16.0 Å². The van der Waals surface area contributed by atoms with Gasteiger partial charge in [0.1, 0.15) is 5.60 Å². The van der Waals surface area contributed by atoms with Crippen LogP contribution in [-0.4, -0.2) is 78.0 Å². The van der Waals surface area contributed by atoms with Gasteiger partial charge in [-0.3, -0.25) is 10.1 Å². The zero-order valence-electron chi connectivity index (χ0n) is 26.5. The number of esters is 1. The van der Waals surface area contributed by atoms with Crippen LogP contribution in [0, 0.1) is 0 Å². The Morgan fingerprint density at radius 2 is 1.57 bits per heavy atom. The van der Waals surface area contributed by atoms with Crippen molar-refractivity contribution in [3.8, 4) is 11.5 Å². The Morgan fingerprint density at radius 1 is 0.891 bits per heavy atom. The van der Waals surface area contributed by atoms with Crippen LogP contribution >= 0.6 is 0 Å². The Kier molecular flexibility index (Phi) is 10.8. The van der Waals surface area contributed by atoms with Crippen molar-refractivity contribution in [1.29, 1.82) is 0 Å². The molecule has 13 heteroatoms. The third-order valence-corrected chi connectivity index (χ3v) is 6.57. The van der Waals surface area contributed by atoms with E-state index < -0.39 is 24.0 Å². The van der Waals surface area contributed by atoms with Gasteiger partial charge in [0.2, 0.25) is 0 Å². The molecule has 1 atom stereocenters. The van der Waals surface area contributed by atoms with Crippen molar-refractivity contribution < 1.29 is 38.5 Å². The fourth-order valence-electron chi connectivity index (χ4n) is 4.41. The lowest BCUT2D eigenvalue weighted by atomic mass is 10.1. The van der Waals surface area contributed by atoms with Crippen molar-refractivity contribution >= 4 is 41.1 Å². The normalized spacial score (nSPS) is 14.0. The first-order valence-corrected chi connectivity index (χ1v) is 14.7. The minimum absolute atomic E-state index is 0.0874. The molecule has 46 heavy (non-hydrogen) atoms. The quantitative estimate of drug-likeness (QED) is 0.180. The van der Waals surface area contributed by atoms with Crippen LogP contribution in [0.5, 0.6) is 11.5 Å².